The third kappa shape index (κ3) is 4.97. The third-order valence-electron chi connectivity index (χ3n) is 5.51. The van der Waals surface area contributed by atoms with E-state index in [0.717, 1.165) is 11.0 Å². The summed E-state index contributed by atoms with van der Waals surface area (Å²) in [5.41, 5.74) is 0.351. The first-order valence-corrected chi connectivity index (χ1v) is 12.1. The number of benzene rings is 2. The zero-order valence-corrected chi connectivity index (χ0v) is 19.3. The van der Waals surface area contributed by atoms with Gasteiger partial charge in [0.25, 0.3) is 5.91 Å². The number of amides is 1. The van der Waals surface area contributed by atoms with Gasteiger partial charge in [-0.2, -0.15) is 9.40 Å². The van der Waals surface area contributed by atoms with Crippen LogP contribution < -0.4 is 5.43 Å². The van der Waals surface area contributed by atoms with Gasteiger partial charge >= 0.3 is 0 Å². The highest BCUT2D eigenvalue weighted by Gasteiger charge is 2.30. The number of para-hydroxylation sites is 1. The predicted octanol–water partition coefficient (Wildman–Crippen LogP) is 2.44. The highest BCUT2D eigenvalue weighted by Crippen LogP contribution is 2.15. The fourth-order valence-corrected chi connectivity index (χ4v) is 4.85. The van der Waals surface area contributed by atoms with E-state index in [2.05, 4.69) is 5.10 Å². The van der Waals surface area contributed by atoms with Crippen molar-refractivity contribution in [3.8, 4) is 5.69 Å². The van der Waals surface area contributed by atoms with E-state index >= 15 is 0 Å². The van der Waals surface area contributed by atoms with Gasteiger partial charge in [0, 0.05) is 43.3 Å². The molecule has 1 aliphatic rings. The SMILES string of the molecule is Cc1cc(=O)c(C(=O)N2CCN(S(=O)(=O)C=Cc3ccccc3)CC2)nn1-c1ccccc1F. The van der Waals surface area contributed by atoms with Crippen molar-refractivity contribution < 1.29 is 17.6 Å². The number of piperazine rings is 1. The number of sulfonamides is 1. The second-order valence-corrected chi connectivity index (χ2v) is 9.63. The molecule has 0 N–H and O–H groups in total. The van der Waals surface area contributed by atoms with Crippen LogP contribution in [0, 0.1) is 12.7 Å². The number of aryl methyl sites for hydroxylation is 1. The van der Waals surface area contributed by atoms with Crippen LogP contribution in [0.3, 0.4) is 0 Å². The maximum Gasteiger partial charge on any atom is 0.278 e. The molecule has 0 saturated carbocycles. The van der Waals surface area contributed by atoms with E-state index in [4.69, 9.17) is 0 Å². The van der Waals surface area contributed by atoms with Crippen molar-refractivity contribution in [3.63, 3.8) is 0 Å². The molecular weight excluding hydrogens is 459 g/mol. The number of hydrogen-bond acceptors (Lipinski definition) is 5. The van der Waals surface area contributed by atoms with Crippen LogP contribution in [0.15, 0.2) is 70.9 Å². The second kappa shape index (κ2) is 9.70. The molecule has 10 heteroatoms. The summed E-state index contributed by atoms with van der Waals surface area (Å²) < 4.78 is 42.1. The summed E-state index contributed by atoms with van der Waals surface area (Å²) in [4.78, 5) is 26.9. The van der Waals surface area contributed by atoms with E-state index in [1.54, 1.807) is 25.1 Å². The first-order valence-electron chi connectivity index (χ1n) is 10.6. The van der Waals surface area contributed by atoms with Crippen molar-refractivity contribution >= 4 is 22.0 Å². The van der Waals surface area contributed by atoms with Crippen LogP contribution >= 0.6 is 0 Å². The van der Waals surface area contributed by atoms with E-state index in [1.807, 2.05) is 18.2 Å². The molecule has 1 fully saturated rings. The number of hydrogen-bond donors (Lipinski definition) is 0. The standard InChI is InChI=1S/C24H23FN4O4S/c1-18-17-22(30)23(26-29(18)21-10-6-5-9-20(21)25)24(31)27-12-14-28(15-13-27)34(32,33)16-11-19-7-3-2-4-8-19/h2-11,16-17H,12-15H2,1H3. The molecule has 1 amide bonds. The third-order valence-corrected chi connectivity index (χ3v) is 7.07. The van der Waals surface area contributed by atoms with Gasteiger partial charge in [0.05, 0.1) is 0 Å². The zero-order valence-electron chi connectivity index (χ0n) is 18.5. The maximum absolute atomic E-state index is 14.3. The summed E-state index contributed by atoms with van der Waals surface area (Å²) in [6.07, 6.45) is 1.52. The van der Waals surface area contributed by atoms with Crippen LogP contribution in [-0.2, 0) is 10.0 Å². The fraction of sp³-hybridized carbons (Fsp3) is 0.208. The Bertz CT molecular complexity index is 1400. The summed E-state index contributed by atoms with van der Waals surface area (Å²) >= 11 is 0. The number of nitrogens with zero attached hydrogens (tertiary/aromatic N) is 4. The average molecular weight is 483 g/mol. The molecule has 1 aliphatic heterocycles. The lowest BCUT2D eigenvalue weighted by molar-refractivity contribution is 0.0689. The normalized spacial score (nSPS) is 15.1. The van der Waals surface area contributed by atoms with E-state index in [1.165, 1.54) is 44.2 Å². The highest BCUT2D eigenvalue weighted by atomic mass is 32.2. The molecule has 0 aliphatic carbocycles. The molecule has 0 unspecified atom stereocenters. The molecule has 0 atom stereocenters. The molecule has 1 saturated heterocycles. The monoisotopic (exact) mass is 482 g/mol. The molecule has 2 heterocycles. The number of carbonyl (C=O) groups is 1. The fourth-order valence-electron chi connectivity index (χ4n) is 3.67. The minimum Gasteiger partial charge on any atom is -0.334 e. The lowest BCUT2D eigenvalue weighted by Gasteiger charge is -2.33. The Hall–Kier alpha value is -3.63. The lowest BCUT2D eigenvalue weighted by atomic mass is 10.2. The summed E-state index contributed by atoms with van der Waals surface area (Å²) in [5.74, 6) is -1.16. The average Bonchev–Trinajstić information content (AvgIpc) is 2.84. The second-order valence-electron chi connectivity index (χ2n) is 7.81. The van der Waals surface area contributed by atoms with Crippen molar-refractivity contribution in [3.05, 3.63) is 99.1 Å². The smallest absolute Gasteiger partial charge is 0.278 e. The van der Waals surface area contributed by atoms with Crippen LogP contribution in [-0.4, -0.2) is 59.5 Å². The van der Waals surface area contributed by atoms with Crippen molar-refractivity contribution in [2.24, 2.45) is 0 Å². The Morgan fingerprint density at radius 3 is 2.32 bits per heavy atom. The Kier molecular flexibility index (Phi) is 6.71. The van der Waals surface area contributed by atoms with E-state index in [0.29, 0.717) is 5.69 Å². The van der Waals surface area contributed by atoms with Gasteiger partial charge in [0.15, 0.2) is 5.69 Å². The molecule has 2 aromatic carbocycles. The summed E-state index contributed by atoms with van der Waals surface area (Å²) in [7, 11) is -3.66. The largest absolute Gasteiger partial charge is 0.334 e. The molecule has 0 spiro atoms. The van der Waals surface area contributed by atoms with Gasteiger partial charge in [-0.1, -0.05) is 42.5 Å². The van der Waals surface area contributed by atoms with Crippen LogP contribution in [0.5, 0.6) is 0 Å². The Morgan fingerprint density at radius 1 is 1.00 bits per heavy atom. The van der Waals surface area contributed by atoms with Crippen LogP contribution in [0.4, 0.5) is 4.39 Å². The quantitative estimate of drug-likeness (QED) is 0.557. The summed E-state index contributed by atoms with van der Waals surface area (Å²) in [6.45, 7) is 1.97. The minimum atomic E-state index is -3.66. The molecule has 3 aromatic rings. The van der Waals surface area contributed by atoms with Crippen molar-refractivity contribution in [2.75, 3.05) is 26.2 Å². The van der Waals surface area contributed by atoms with Crippen LogP contribution in [0.1, 0.15) is 21.7 Å². The molecule has 176 valence electrons. The first kappa shape index (κ1) is 23.5. The van der Waals surface area contributed by atoms with Crippen LogP contribution in [0.2, 0.25) is 0 Å². The Balaban J connectivity index is 1.50. The topological polar surface area (TPSA) is 92.6 Å². The molecule has 34 heavy (non-hydrogen) atoms. The molecule has 1 aromatic heterocycles. The van der Waals surface area contributed by atoms with E-state index in [9.17, 15) is 22.4 Å². The van der Waals surface area contributed by atoms with Gasteiger partial charge in [-0.25, -0.2) is 17.5 Å². The molecule has 4 rings (SSSR count). The number of rotatable bonds is 5. The van der Waals surface area contributed by atoms with Gasteiger partial charge in [0.2, 0.25) is 15.5 Å². The van der Waals surface area contributed by atoms with Crippen LogP contribution in [0.25, 0.3) is 11.8 Å². The van der Waals surface area contributed by atoms with E-state index < -0.39 is 27.2 Å². The van der Waals surface area contributed by atoms with E-state index in [-0.39, 0.29) is 37.6 Å². The van der Waals surface area contributed by atoms with Crippen molar-refractivity contribution in [1.82, 2.24) is 19.0 Å². The minimum absolute atomic E-state index is 0.0839. The maximum atomic E-state index is 14.3. The van der Waals surface area contributed by atoms with Gasteiger partial charge in [0.1, 0.15) is 11.5 Å². The van der Waals surface area contributed by atoms with Crippen molar-refractivity contribution in [2.45, 2.75) is 6.92 Å². The molecule has 0 bridgehead atoms. The first-order chi connectivity index (χ1) is 16.3. The summed E-state index contributed by atoms with van der Waals surface area (Å²) in [6, 6.07) is 16.2. The van der Waals surface area contributed by atoms with Crippen molar-refractivity contribution in [1.29, 1.82) is 0 Å². The van der Waals surface area contributed by atoms with Gasteiger partial charge in [-0.05, 0) is 30.7 Å². The van der Waals surface area contributed by atoms with Gasteiger partial charge < -0.3 is 4.90 Å². The Labute approximate surface area is 196 Å². The number of halogens is 1. The highest BCUT2D eigenvalue weighted by molar-refractivity contribution is 7.92. The zero-order chi connectivity index (χ0) is 24.3. The van der Waals surface area contributed by atoms with Gasteiger partial charge in [-0.3, -0.25) is 9.59 Å². The number of carbonyl (C=O) groups excluding carboxylic acids is 1. The molecular formula is C24H23FN4O4S. The summed E-state index contributed by atoms with van der Waals surface area (Å²) in [5, 5.41) is 5.29. The molecule has 8 nitrogen and oxygen atoms in total. The molecule has 0 radical (unpaired) electrons. The Morgan fingerprint density at radius 2 is 1.65 bits per heavy atom. The van der Waals surface area contributed by atoms with Gasteiger partial charge in [-0.15, -0.1) is 0 Å². The lowest BCUT2D eigenvalue weighted by Crippen LogP contribution is -2.51. The number of aromatic nitrogens is 2. The predicted molar refractivity (Wildman–Crippen MR) is 126 cm³/mol.